The summed E-state index contributed by atoms with van der Waals surface area (Å²) in [6, 6.07) is 20.6. The highest BCUT2D eigenvalue weighted by Crippen LogP contribution is 2.25. The molecule has 1 atom stereocenters. The normalized spacial score (nSPS) is 11.6. The van der Waals surface area contributed by atoms with Crippen molar-refractivity contribution in [1.29, 1.82) is 0 Å². The van der Waals surface area contributed by atoms with Crippen LogP contribution in [0.5, 0.6) is 5.75 Å². The van der Waals surface area contributed by atoms with Gasteiger partial charge in [0.15, 0.2) is 0 Å². The van der Waals surface area contributed by atoms with Gasteiger partial charge in [-0.1, -0.05) is 48.5 Å². The fourth-order valence-electron chi connectivity index (χ4n) is 3.05. The number of carbonyl (C=O) groups excluding carboxylic acids is 2. The molecule has 0 fully saturated rings. The van der Waals surface area contributed by atoms with E-state index in [0.29, 0.717) is 0 Å². The average molecular weight is 362 g/mol. The van der Waals surface area contributed by atoms with Crippen LogP contribution in [0, 0.1) is 0 Å². The van der Waals surface area contributed by atoms with Crippen molar-refractivity contribution >= 4 is 28.3 Å². The standard InChI is InChI=1S/C22H22N2O3/c1-15(25)23-21(17-10-12-18(27-2)13-11-17)14-22(26)24-20-9-5-7-16-6-3-4-8-19(16)20/h3-13,21H,14H2,1-2H3,(H,23,25)(H,24,26)/t21-/m1/s1. The minimum absolute atomic E-state index is 0.134. The molecule has 0 spiro atoms. The number of carbonyl (C=O) groups is 2. The first-order valence-electron chi connectivity index (χ1n) is 8.75. The van der Waals surface area contributed by atoms with Crippen molar-refractivity contribution in [2.75, 3.05) is 12.4 Å². The molecule has 0 saturated carbocycles. The van der Waals surface area contributed by atoms with E-state index < -0.39 is 6.04 Å². The molecule has 2 N–H and O–H groups in total. The minimum Gasteiger partial charge on any atom is -0.497 e. The molecular weight excluding hydrogens is 340 g/mol. The van der Waals surface area contributed by atoms with Gasteiger partial charge in [-0.2, -0.15) is 0 Å². The second kappa shape index (κ2) is 8.36. The molecule has 2 amide bonds. The number of ether oxygens (including phenoxy) is 1. The summed E-state index contributed by atoms with van der Waals surface area (Å²) in [5.74, 6) is 0.371. The van der Waals surface area contributed by atoms with Crippen molar-refractivity contribution < 1.29 is 14.3 Å². The van der Waals surface area contributed by atoms with Crippen LogP contribution in [0.1, 0.15) is 24.9 Å². The van der Waals surface area contributed by atoms with Crippen LogP contribution in [0.3, 0.4) is 0 Å². The molecule has 0 aliphatic heterocycles. The number of rotatable bonds is 6. The predicted molar refractivity (Wildman–Crippen MR) is 107 cm³/mol. The minimum atomic E-state index is -0.414. The number of fused-ring (bicyclic) bond motifs is 1. The zero-order valence-electron chi connectivity index (χ0n) is 15.4. The van der Waals surface area contributed by atoms with E-state index in [1.165, 1.54) is 6.92 Å². The van der Waals surface area contributed by atoms with Gasteiger partial charge < -0.3 is 15.4 Å². The maximum atomic E-state index is 12.7. The van der Waals surface area contributed by atoms with E-state index in [2.05, 4.69) is 10.6 Å². The van der Waals surface area contributed by atoms with Gasteiger partial charge in [0.25, 0.3) is 0 Å². The Bertz CT molecular complexity index is 946. The zero-order chi connectivity index (χ0) is 19.2. The maximum Gasteiger partial charge on any atom is 0.226 e. The topological polar surface area (TPSA) is 67.4 Å². The number of hydrogen-bond donors (Lipinski definition) is 2. The van der Waals surface area contributed by atoms with Crippen molar-refractivity contribution in [3.8, 4) is 5.75 Å². The van der Waals surface area contributed by atoms with Crippen LogP contribution in [0.4, 0.5) is 5.69 Å². The smallest absolute Gasteiger partial charge is 0.226 e. The Balaban J connectivity index is 1.78. The lowest BCUT2D eigenvalue weighted by molar-refractivity contribution is -0.120. The van der Waals surface area contributed by atoms with Crippen LogP contribution in [0.2, 0.25) is 0 Å². The molecular formula is C22H22N2O3. The average Bonchev–Trinajstić information content (AvgIpc) is 2.67. The van der Waals surface area contributed by atoms with Crippen molar-refractivity contribution in [1.82, 2.24) is 5.32 Å². The summed E-state index contributed by atoms with van der Waals surface area (Å²) in [7, 11) is 1.60. The molecule has 3 aromatic rings. The zero-order valence-corrected chi connectivity index (χ0v) is 15.4. The van der Waals surface area contributed by atoms with Gasteiger partial charge in [0.2, 0.25) is 11.8 Å². The molecule has 0 aliphatic rings. The first-order valence-corrected chi connectivity index (χ1v) is 8.75. The van der Waals surface area contributed by atoms with Crippen molar-refractivity contribution in [3.05, 3.63) is 72.3 Å². The van der Waals surface area contributed by atoms with Gasteiger partial charge in [0, 0.05) is 18.0 Å². The molecule has 5 nitrogen and oxygen atoms in total. The SMILES string of the molecule is COc1ccc([C@@H](CC(=O)Nc2cccc3ccccc23)NC(C)=O)cc1. The lowest BCUT2D eigenvalue weighted by atomic mass is 10.0. The molecule has 0 radical (unpaired) electrons. The monoisotopic (exact) mass is 362 g/mol. The molecule has 0 bridgehead atoms. The van der Waals surface area contributed by atoms with E-state index in [4.69, 9.17) is 4.74 Å². The summed E-state index contributed by atoms with van der Waals surface area (Å²) in [6.45, 7) is 1.44. The molecule has 27 heavy (non-hydrogen) atoms. The van der Waals surface area contributed by atoms with Crippen molar-refractivity contribution in [3.63, 3.8) is 0 Å². The van der Waals surface area contributed by atoms with E-state index in [0.717, 1.165) is 27.8 Å². The van der Waals surface area contributed by atoms with Gasteiger partial charge in [-0.25, -0.2) is 0 Å². The molecule has 0 heterocycles. The molecule has 0 aliphatic carbocycles. The van der Waals surface area contributed by atoms with Gasteiger partial charge in [0.1, 0.15) is 5.75 Å². The molecule has 3 aromatic carbocycles. The highest BCUT2D eigenvalue weighted by Gasteiger charge is 2.18. The van der Waals surface area contributed by atoms with Gasteiger partial charge in [0.05, 0.1) is 19.6 Å². The lowest BCUT2D eigenvalue weighted by Crippen LogP contribution is -2.29. The molecule has 138 valence electrons. The van der Waals surface area contributed by atoms with Gasteiger partial charge >= 0.3 is 0 Å². The Morgan fingerprint density at radius 3 is 2.37 bits per heavy atom. The van der Waals surface area contributed by atoms with Gasteiger partial charge in [-0.3, -0.25) is 9.59 Å². The second-order valence-electron chi connectivity index (χ2n) is 6.31. The summed E-state index contributed by atoms with van der Waals surface area (Å²) in [4.78, 5) is 24.3. The first-order chi connectivity index (χ1) is 13.1. The third-order valence-corrected chi connectivity index (χ3v) is 4.35. The maximum absolute atomic E-state index is 12.7. The van der Waals surface area contributed by atoms with Crippen LogP contribution in [-0.2, 0) is 9.59 Å². The third kappa shape index (κ3) is 4.64. The Hall–Kier alpha value is -3.34. The van der Waals surface area contributed by atoms with Crippen LogP contribution in [0.15, 0.2) is 66.7 Å². The van der Waals surface area contributed by atoms with Crippen molar-refractivity contribution in [2.45, 2.75) is 19.4 Å². The summed E-state index contributed by atoms with van der Waals surface area (Å²) in [5.41, 5.74) is 1.61. The van der Waals surface area contributed by atoms with E-state index in [1.807, 2.05) is 66.7 Å². The summed E-state index contributed by atoms with van der Waals surface area (Å²) >= 11 is 0. The number of amides is 2. The van der Waals surface area contributed by atoms with E-state index in [1.54, 1.807) is 7.11 Å². The number of nitrogens with one attached hydrogen (secondary N) is 2. The van der Waals surface area contributed by atoms with Gasteiger partial charge in [-0.05, 0) is 29.1 Å². The van der Waals surface area contributed by atoms with E-state index in [9.17, 15) is 9.59 Å². The molecule has 0 unspecified atom stereocenters. The number of methoxy groups -OCH3 is 1. The largest absolute Gasteiger partial charge is 0.497 e. The molecule has 0 saturated heterocycles. The predicted octanol–water partition coefficient (Wildman–Crippen LogP) is 4.05. The lowest BCUT2D eigenvalue weighted by Gasteiger charge is -2.19. The number of hydrogen-bond acceptors (Lipinski definition) is 3. The second-order valence-corrected chi connectivity index (χ2v) is 6.31. The first kappa shape index (κ1) is 18.5. The summed E-state index contributed by atoms with van der Waals surface area (Å²) in [5, 5.41) is 7.85. The highest BCUT2D eigenvalue weighted by atomic mass is 16.5. The van der Waals surface area contributed by atoms with Crippen molar-refractivity contribution in [2.24, 2.45) is 0 Å². The Labute approximate surface area is 158 Å². The van der Waals surface area contributed by atoms with Crippen LogP contribution in [0.25, 0.3) is 10.8 Å². The Morgan fingerprint density at radius 2 is 1.67 bits per heavy atom. The molecule has 5 heteroatoms. The molecule has 3 rings (SSSR count). The molecule has 0 aromatic heterocycles. The number of anilines is 1. The third-order valence-electron chi connectivity index (χ3n) is 4.35. The fourth-order valence-corrected chi connectivity index (χ4v) is 3.05. The Kier molecular flexibility index (Phi) is 5.71. The van der Waals surface area contributed by atoms with E-state index >= 15 is 0 Å². The summed E-state index contributed by atoms with van der Waals surface area (Å²) in [6.07, 6.45) is 0.134. The fraction of sp³-hybridized carbons (Fsp3) is 0.182. The Morgan fingerprint density at radius 1 is 0.963 bits per heavy atom. The van der Waals surface area contributed by atoms with Crippen LogP contribution < -0.4 is 15.4 Å². The summed E-state index contributed by atoms with van der Waals surface area (Å²) < 4.78 is 5.16. The quantitative estimate of drug-likeness (QED) is 0.695. The highest BCUT2D eigenvalue weighted by molar-refractivity contribution is 6.02. The number of benzene rings is 3. The van der Waals surface area contributed by atoms with Gasteiger partial charge in [-0.15, -0.1) is 0 Å². The van der Waals surface area contributed by atoms with E-state index in [-0.39, 0.29) is 18.2 Å². The van der Waals surface area contributed by atoms with Crippen LogP contribution >= 0.6 is 0 Å². The van der Waals surface area contributed by atoms with Crippen LogP contribution in [-0.4, -0.2) is 18.9 Å².